The highest BCUT2D eigenvalue weighted by atomic mass is 32.2. The van der Waals surface area contributed by atoms with Gasteiger partial charge in [-0.15, -0.1) is 0 Å². The van der Waals surface area contributed by atoms with Crippen LogP contribution in [-0.4, -0.2) is 57.3 Å². The van der Waals surface area contributed by atoms with Crippen LogP contribution in [0.3, 0.4) is 0 Å². The molecule has 1 saturated heterocycles. The average Bonchev–Trinajstić information content (AvgIpc) is 3.06. The summed E-state index contributed by atoms with van der Waals surface area (Å²) in [7, 11) is -0.305. The van der Waals surface area contributed by atoms with Crippen LogP contribution in [0.15, 0.2) is 34.2 Å². The Morgan fingerprint density at radius 1 is 1.30 bits per heavy atom. The molecule has 0 aliphatic carbocycles. The van der Waals surface area contributed by atoms with Gasteiger partial charge in [-0.3, -0.25) is 0 Å². The standard InChI is InChI=1S/C20H34N4O2S/c1-6-21-20(24-12-11-18(15-24)13-16(2)3)22-14-17-7-9-19(10-8-17)27(25,26)23(4)5/h7-10,16,18H,6,11-15H2,1-5H3,(H,21,22). The van der Waals surface area contributed by atoms with Crippen LogP contribution < -0.4 is 5.32 Å². The Labute approximate surface area is 164 Å². The van der Waals surface area contributed by atoms with E-state index >= 15 is 0 Å². The van der Waals surface area contributed by atoms with Crippen LogP contribution in [0.1, 0.15) is 39.2 Å². The van der Waals surface area contributed by atoms with Crippen molar-refractivity contribution >= 4 is 16.0 Å². The van der Waals surface area contributed by atoms with Gasteiger partial charge in [0.05, 0.1) is 11.4 Å². The van der Waals surface area contributed by atoms with Crippen molar-refractivity contribution in [3.63, 3.8) is 0 Å². The molecule has 0 bridgehead atoms. The molecule has 1 aromatic carbocycles. The molecule has 1 fully saturated rings. The second kappa shape index (κ2) is 9.55. The van der Waals surface area contributed by atoms with Gasteiger partial charge >= 0.3 is 0 Å². The SMILES string of the molecule is CCNC(=NCc1ccc(S(=O)(=O)N(C)C)cc1)N1CCC(CC(C)C)C1. The first kappa shape index (κ1) is 21.7. The van der Waals surface area contributed by atoms with Crippen LogP contribution in [-0.2, 0) is 16.6 Å². The van der Waals surface area contributed by atoms with Gasteiger partial charge in [0, 0.05) is 33.7 Å². The first-order valence-corrected chi connectivity index (χ1v) is 11.2. The van der Waals surface area contributed by atoms with Gasteiger partial charge in [-0.1, -0.05) is 26.0 Å². The van der Waals surface area contributed by atoms with Crippen molar-refractivity contribution in [2.75, 3.05) is 33.7 Å². The molecule has 1 heterocycles. The van der Waals surface area contributed by atoms with Crippen LogP contribution >= 0.6 is 0 Å². The molecule has 1 unspecified atom stereocenters. The number of guanidine groups is 1. The average molecular weight is 395 g/mol. The van der Waals surface area contributed by atoms with E-state index in [1.54, 1.807) is 26.2 Å². The monoisotopic (exact) mass is 394 g/mol. The molecule has 27 heavy (non-hydrogen) atoms. The molecule has 1 aromatic rings. The topological polar surface area (TPSA) is 65.0 Å². The first-order chi connectivity index (χ1) is 12.7. The smallest absolute Gasteiger partial charge is 0.242 e. The molecule has 152 valence electrons. The molecule has 7 heteroatoms. The quantitative estimate of drug-likeness (QED) is 0.570. The minimum Gasteiger partial charge on any atom is -0.357 e. The highest BCUT2D eigenvalue weighted by Gasteiger charge is 2.25. The number of sulfonamides is 1. The minimum atomic E-state index is -3.39. The maximum absolute atomic E-state index is 12.2. The minimum absolute atomic E-state index is 0.309. The van der Waals surface area contributed by atoms with E-state index in [2.05, 4.69) is 31.0 Å². The van der Waals surface area contributed by atoms with Crippen LogP contribution in [0.2, 0.25) is 0 Å². The van der Waals surface area contributed by atoms with E-state index in [4.69, 9.17) is 4.99 Å². The first-order valence-electron chi connectivity index (χ1n) is 9.78. The summed E-state index contributed by atoms with van der Waals surface area (Å²) in [6.45, 7) is 10.1. The summed E-state index contributed by atoms with van der Waals surface area (Å²) >= 11 is 0. The van der Waals surface area contributed by atoms with Gasteiger partial charge in [0.1, 0.15) is 0 Å². The maximum Gasteiger partial charge on any atom is 0.242 e. The number of rotatable bonds is 7. The fourth-order valence-corrected chi connectivity index (χ4v) is 4.36. The molecular weight excluding hydrogens is 360 g/mol. The fourth-order valence-electron chi connectivity index (χ4n) is 3.45. The van der Waals surface area contributed by atoms with E-state index in [0.29, 0.717) is 11.4 Å². The molecule has 1 aliphatic rings. The van der Waals surface area contributed by atoms with Gasteiger partial charge in [0.25, 0.3) is 0 Å². The van der Waals surface area contributed by atoms with Gasteiger partial charge < -0.3 is 10.2 Å². The summed E-state index contributed by atoms with van der Waals surface area (Å²) in [5.41, 5.74) is 1.00. The van der Waals surface area contributed by atoms with E-state index in [1.807, 2.05) is 12.1 Å². The van der Waals surface area contributed by atoms with Crippen molar-refractivity contribution < 1.29 is 8.42 Å². The summed E-state index contributed by atoms with van der Waals surface area (Å²) in [6, 6.07) is 6.99. The van der Waals surface area contributed by atoms with Gasteiger partial charge in [-0.2, -0.15) is 0 Å². The van der Waals surface area contributed by atoms with Crippen LogP contribution in [0.4, 0.5) is 0 Å². The third-order valence-corrected chi connectivity index (χ3v) is 6.67. The van der Waals surface area contributed by atoms with Crippen molar-refractivity contribution in [3.8, 4) is 0 Å². The third-order valence-electron chi connectivity index (χ3n) is 4.84. The van der Waals surface area contributed by atoms with Crippen LogP contribution in [0.25, 0.3) is 0 Å². The molecule has 2 rings (SSSR count). The second-order valence-corrected chi connectivity index (χ2v) is 9.98. The molecule has 0 spiro atoms. The molecule has 6 nitrogen and oxygen atoms in total. The normalized spacial score (nSPS) is 18.6. The van der Waals surface area contributed by atoms with E-state index in [0.717, 1.165) is 43.0 Å². The van der Waals surface area contributed by atoms with Gasteiger partial charge in [0.2, 0.25) is 10.0 Å². The van der Waals surface area contributed by atoms with Gasteiger partial charge in [0.15, 0.2) is 5.96 Å². The predicted molar refractivity (Wildman–Crippen MR) is 111 cm³/mol. The molecule has 0 saturated carbocycles. The second-order valence-electron chi connectivity index (χ2n) is 7.83. The zero-order valence-corrected chi connectivity index (χ0v) is 18.1. The van der Waals surface area contributed by atoms with Crippen LogP contribution in [0, 0.1) is 11.8 Å². The van der Waals surface area contributed by atoms with E-state index in [9.17, 15) is 8.42 Å². The highest BCUT2D eigenvalue weighted by molar-refractivity contribution is 7.89. The lowest BCUT2D eigenvalue weighted by Gasteiger charge is -2.22. The zero-order chi connectivity index (χ0) is 20.0. The number of hydrogen-bond acceptors (Lipinski definition) is 3. The van der Waals surface area contributed by atoms with E-state index < -0.39 is 10.0 Å². The van der Waals surface area contributed by atoms with Crippen molar-refractivity contribution in [1.29, 1.82) is 0 Å². The molecule has 1 atom stereocenters. The van der Waals surface area contributed by atoms with Crippen molar-refractivity contribution in [2.24, 2.45) is 16.8 Å². The Balaban J connectivity index is 2.05. The number of benzene rings is 1. The predicted octanol–water partition coefficient (Wildman–Crippen LogP) is 2.77. The molecule has 0 amide bonds. The van der Waals surface area contributed by atoms with Crippen molar-refractivity contribution in [2.45, 2.75) is 45.1 Å². The third kappa shape index (κ3) is 5.94. The summed E-state index contributed by atoms with van der Waals surface area (Å²) < 4.78 is 25.5. The fraction of sp³-hybridized carbons (Fsp3) is 0.650. The lowest BCUT2D eigenvalue weighted by atomic mass is 9.97. The molecule has 0 radical (unpaired) electrons. The Hall–Kier alpha value is -1.60. The molecule has 1 N–H and O–H groups in total. The highest BCUT2D eigenvalue weighted by Crippen LogP contribution is 2.23. The molecular formula is C20H34N4O2S. The zero-order valence-electron chi connectivity index (χ0n) is 17.3. The van der Waals surface area contributed by atoms with Crippen LogP contribution in [0.5, 0.6) is 0 Å². The summed E-state index contributed by atoms with van der Waals surface area (Å²) in [4.78, 5) is 7.44. The van der Waals surface area contributed by atoms with E-state index in [-0.39, 0.29) is 0 Å². The molecule has 0 aromatic heterocycles. The number of hydrogen-bond donors (Lipinski definition) is 1. The number of likely N-dealkylation sites (tertiary alicyclic amines) is 1. The van der Waals surface area contributed by atoms with Crippen molar-refractivity contribution in [1.82, 2.24) is 14.5 Å². The number of nitrogens with zero attached hydrogens (tertiary/aromatic N) is 3. The maximum atomic E-state index is 12.2. The largest absolute Gasteiger partial charge is 0.357 e. The van der Waals surface area contributed by atoms with Crippen molar-refractivity contribution in [3.05, 3.63) is 29.8 Å². The van der Waals surface area contributed by atoms with Gasteiger partial charge in [-0.25, -0.2) is 17.7 Å². The Morgan fingerprint density at radius 3 is 2.52 bits per heavy atom. The summed E-state index contributed by atoms with van der Waals surface area (Å²) in [5, 5.41) is 3.39. The Morgan fingerprint density at radius 2 is 1.96 bits per heavy atom. The molecule has 1 aliphatic heterocycles. The van der Waals surface area contributed by atoms with Gasteiger partial charge in [-0.05, 0) is 49.3 Å². The lowest BCUT2D eigenvalue weighted by Crippen LogP contribution is -2.40. The Kier molecular flexibility index (Phi) is 7.68. The summed E-state index contributed by atoms with van der Waals surface area (Å²) in [6.07, 6.45) is 2.48. The number of aliphatic imine (C=N–C) groups is 1. The Bertz CT molecular complexity index is 727. The number of nitrogens with one attached hydrogen (secondary N) is 1. The summed E-state index contributed by atoms with van der Waals surface area (Å²) in [5.74, 6) is 2.42. The lowest BCUT2D eigenvalue weighted by molar-refractivity contribution is 0.403. The van der Waals surface area contributed by atoms with E-state index in [1.165, 1.54) is 17.1 Å².